The second kappa shape index (κ2) is 8.71. The zero-order chi connectivity index (χ0) is 21.9. The van der Waals surface area contributed by atoms with Crippen LogP contribution in [-0.2, 0) is 10.0 Å². The van der Waals surface area contributed by atoms with Gasteiger partial charge in [0.2, 0.25) is 10.0 Å². The molecule has 1 amide bonds. The number of nitrogens with one attached hydrogen (secondary N) is 1. The standard InChI is InChI=1S/C20H25N3O5S/c1-6-22(7-2)29(27,28)17-11-13(3)15(5)18(12-17)21-20(24)16-8-9-19(23(25)26)14(4)10-16/h8-12H,6-7H2,1-5H3,(H,21,24). The van der Waals surface area contributed by atoms with Crippen LogP contribution in [0.2, 0.25) is 0 Å². The van der Waals surface area contributed by atoms with Gasteiger partial charge >= 0.3 is 0 Å². The van der Waals surface area contributed by atoms with Crippen molar-refractivity contribution >= 4 is 27.3 Å². The molecule has 29 heavy (non-hydrogen) atoms. The van der Waals surface area contributed by atoms with Crippen molar-refractivity contribution in [2.24, 2.45) is 0 Å². The van der Waals surface area contributed by atoms with Gasteiger partial charge in [-0.2, -0.15) is 4.31 Å². The molecular formula is C20H25N3O5S. The lowest BCUT2D eigenvalue weighted by Crippen LogP contribution is -2.30. The second-order valence-electron chi connectivity index (χ2n) is 6.71. The zero-order valence-electron chi connectivity index (χ0n) is 17.1. The summed E-state index contributed by atoms with van der Waals surface area (Å²) in [5.41, 5.74) is 2.41. The summed E-state index contributed by atoms with van der Waals surface area (Å²) in [4.78, 5) is 23.2. The predicted molar refractivity (Wildman–Crippen MR) is 112 cm³/mol. The summed E-state index contributed by atoms with van der Waals surface area (Å²) in [6, 6.07) is 7.13. The smallest absolute Gasteiger partial charge is 0.272 e. The van der Waals surface area contributed by atoms with Crippen molar-refractivity contribution in [2.45, 2.75) is 39.5 Å². The first-order chi connectivity index (χ1) is 13.5. The number of hydrogen-bond donors (Lipinski definition) is 1. The molecule has 0 atom stereocenters. The van der Waals surface area contributed by atoms with Crippen LogP contribution in [0.25, 0.3) is 0 Å². The van der Waals surface area contributed by atoms with Crippen molar-refractivity contribution in [3.05, 3.63) is 62.7 Å². The Balaban J connectivity index is 2.43. The Morgan fingerprint density at radius 1 is 1.07 bits per heavy atom. The number of carbonyl (C=O) groups excluding carboxylic acids is 1. The van der Waals surface area contributed by atoms with E-state index in [9.17, 15) is 23.3 Å². The lowest BCUT2D eigenvalue weighted by molar-refractivity contribution is -0.385. The van der Waals surface area contributed by atoms with E-state index < -0.39 is 20.9 Å². The molecule has 156 valence electrons. The van der Waals surface area contributed by atoms with Crippen molar-refractivity contribution in [3.8, 4) is 0 Å². The highest BCUT2D eigenvalue weighted by Gasteiger charge is 2.24. The van der Waals surface area contributed by atoms with Crippen molar-refractivity contribution in [1.82, 2.24) is 4.31 Å². The molecule has 0 saturated carbocycles. The van der Waals surface area contributed by atoms with Crippen molar-refractivity contribution < 1.29 is 18.1 Å². The number of sulfonamides is 1. The molecule has 2 rings (SSSR count). The highest BCUT2D eigenvalue weighted by atomic mass is 32.2. The molecule has 0 fully saturated rings. The van der Waals surface area contributed by atoms with Gasteiger partial charge in [0.25, 0.3) is 11.6 Å². The van der Waals surface area contributed by atoms with E-state index in [1.807, 2.05) is 0 Å². The first-order valence-electron chi connectivity index (χ1n) is 9.20. The van der Waals surface area contributed by atoms with Gasteiger partial charge in [0.1, 0.15) is 0 Å². The Morgan fingerprint density at radius 2 is 1.69 bits per heavy atom. The van der Waals surface area contributed by atoms with E-state index >= 15 is 0 Å². The van der Waals surface area contributed by atoms with Crippen LogP contribution in [0, 0.1) is 30.9 Å². The lowest BCUT2D eigenvalue weighted by atomic mass is 10.1. The predicted octanol–water partition coefficient (Wildman–Crippen LogP) is 3.80. The highest BCUT2D eigenvalue weighted by molar-refractivity contribution is 7.89. The third kappa shape index (κ3) is 4.63. The quantitative estimate of drug-likeness (QED) is 0.542. The fraction of sp³-hybridized carbons (Fsp3) is 0.350. The molecule has 0 aliphatic heterocycles. The summed E-state index contributed by atoms with van der Waals surface area (Å²) in [6.45, 7) is 9.35. The van der Waals surface area contributed by atoms with E-state index in [2.05, 4.69) is 5.32 Å². The van der Waals surface area contributed by atoms with Crippen LogP contribution in [0.3, 0.4) is 0 Å². The topological polar surface area (TPSA) is 110 Å². The molecule has 0 aliphatic carbocycles. The number of nitro benzene ring substituents is 1. The van der Waals surface area contributed by atoms with Crippen molar-refractivity contribution in [1.29, 1.82) is 0 Å². The van der Waals surface area contributed by atoms with E-state index in [-0.39, 0.29) is 16.1 Å². The number of rotatable bonds is 7. The van der Waals surface area contributed by atoms with Crippen molar-refractivity contribution in [2.75, 3.05) is 18.4 Å². The van der Waals surface area contributed by atoms with E-state index in [1.165, 1.54) is 28.6 Å². The van der Waals surface area contributed by atoms with Gasteiger partial charge in [-0.3, -0.25) is 14.9 Å². The molecule has 0 bridgehead atoms. The summed E-state index contributed by atoms with van der Waals surface area (Å²) >= 11 is 0. The molecular weight excluding hydrogens is 394 g/mol. The number of carbonyl (C=O) groups is 1. The Hall–Kier alpha value is -2.78. The maximum Gasteiger partial charge on any atom is 0.272 e. The number of nitrogens with zero attached hydrogens (tertiary/aromatic N) is 2. The normalized spacial score (nSPS) is 11.5. The molecule has 8 nitrogen and oxygen atoms in total. The Kier molecular flexibility index (Phi) is 6.76. The SMILES string of the molecule is CCN(CC)S(=O)(=O)c1cc(C)c(C)c(NC(=O)c2ccc([N+](=O)[O-])c(C)c2)c1. The summed E-state index contributed by atoms with van der Waals surface area (Å²) in [6.07, 6.45) is 0. The van der Waals surface area contributed by atoms with Gasteiger partial charge in [0.15, 0.2) is 0 Å². The summed E-state index contributed by atoms with van der Waals surface area (Å²) in [5, 5.41) is 13.7. The van der Waals surface area contributed by atoms with Crippen LogP contribution in [-0.4, -0.2) is 36.6 Å². The van der Waals surface area contributed by atoms with Crippen LogP contribution in [0.4, 0.5) is 11.4 Å². The van der Waals surface area contributed by atoms with Gasteiger partial charge < -0.3 is 5.32 Å². The van der Waals surface area contributed by atoms with Gasteiger partial charge in [0, 0.05) is 36.0 Å². The first-order valence-corrected chi connectivity index (χ1v) is 10.6. The van der Waals surface area contributed by atoms with Crippen molar-refractivity contribution in [3.63, 3.8) is 0 Å². The summed E-state index contributed by atoms with van der Waals surface area (Å²) in [5.74, 6) is -0.470. The third-order valence-corrected chi connectivity index (χ3v) is 6.92. The van der Waals surface area contributed by atoms with Crippen LogP contribution < -0.4 is 5.32 Å². The van der Waals surface area contributed by atoms with Crippen LogP contribution in [0.1, 0.15) is 40.9 Å². The van der Waals surface area contributed by atoms with Crippen LogP contribution in [0.15, 0.2) is 35.2 Å². The average Bonchev–Trinajstić information content (AvgIpc) is 2.65. The Labute approximate surface area is 170 Å². The van der Waals surface area contributed by atoms with Gasteiger partial charge in [-0.1, -0.05) is 13.8 Å². The van der Waals surface area contributed by atoms with Gasteiger partial charge in [-0.25, -0.2) is 8.42 Å². The first kappa shape index (κ1) is 22.5. The number of aryl methyl sites for hydroxylation is 2. The van der Waals surface area contributed by atoms with Crippen LogP contribution >= 0.6 is 0 Å². The minimum Gasteiger partial charge on any atom is -0.322 e. The van der Waals surface area contributed by atoms with E-state index in [1.54, 1.807) is 40.7 Å². The molecule has 0 spiro atoms. The van der Waals surface area contributed by atoms with E-state index in [0.717, 1.165) is 11.1 Å². The Morgan fingerprint density at radius 3 is 2.21 bits per heavy atom. The monoisotopic (exact) mass is 419 g/mol. The van der Waals surface area contributed by atoms with Gasteiger partial charge in [-0.05, 0) is 56.2 Å². The number of nitro groups is 1. The van der Waals surface area contributed by atoms with E-state index in [4.69, 9.17) is 0 Å². The number of hydrogen-bond acceptors (Lipinski definition) is 5. The number of anilines is 1. The number of amides is 1. The lowest BCUT2D eigenvalue weighted by Gasteiger charge is -2.20. The minimum atomic E-state index is -3.68. The Bertz CT molecular complexity index is 1060. The highest BCUT2D eigenvalue weighted by Crippen LogP contribution is 2.27. The maximum atomic E-state index is 12.9. The summed E-state index contributed by atoms with van der Waals surface area (Å²) in [7, 11) is -3.68. The van der Waals surface area contributed by atoms with Gasteiger partial charge in [0.05, 0.1) is 9.82 Å². The maximum absolute atomic E-state index is 12.9. The largest absolute Gasteiger partial charge is 0.322 e. The fourth-order valence-corrected chi connectivity index (χ4v) is 4.58. The third-order valence-electron chi connectivity index (χ3n) is 4.89. The summed E-state index contributed by atoms with van der Waals surface area (Å²) < 4.78 is 27.1. The molecule has 2 aromatic rings. The van der Waals surface area contributed by atoms with Crippen LogP contribution in [0.5, 0.6) is 0 Å². The molecule has 0 aliphatic rings. The second-order valence-corrected chi connectivity index (χ2v) is 8.65. The molecule has 0 saturated heterocycles. The van der Waals surface area contributed by atoms with E-state index in [0.29, 0.717) is 24.3 Å². The number of benzene rings is 2. The molecule has 0 unspecified atom stereocenters. The molecule has 0 radical (unpaired) electrons. The molecule has 9 heteroatoms. The molecule has 0 aromatic heterocycles. The molecule has 0 heterocycles. The van der Waals surface area contributed by atoms with Gasteiger partial charge in [-0.15, -0.1) is 0 Å². The zero-order valence-corrected chi connectivity index (χ0v) is 18.0. The minimum absolute atomic E-state index is 0.0686. The molecule has 1 N–H and O–H groups in total. The fourth-order valence-electron chi connectivity index (χ4n) is 3.01. The molecule has 2 aromatic carbocycles. The average molecular weight is 420 g/mol.